The highest BCUT2D eigenvalue weighted by molar-refractivity contribution is 7.91. The van der Waals surface area contributed by atoms with Crippen molar-refractivity contribution < 1.29 is 13.2 Å². The molecule has 1 aliphatic rings. The standard InChI is InChI=1S/C11H22N2O3S/c1-2-17(15,16)9-8-13-10(14)11(12)6-4-3-5-7-11/h2-9,12H2,1H3,(H,13,14). The van der Waals surface area contributed by atoms with E-state index < -0.39 is 15.4 Å². The molecule has 0 bridgehead atoms. The molecule has 1 amide bonds. The van der Waals surface area contributed by atoms with Crippen LogP contribution in [0.25, 0.3) is 0 Å². The lowest BCUT2D eigenvalue weighted by Gasteiger charge is -2.31. The van der Waals surface area contributed by atoms with Crippen LogP contribution in [0, 0.1) is 0 Å². The molecule has 1 rings (SSSR count). The van der Waals surface area contributed by atoms with Crippen molar-refractivity contribution in [3.8, 4) is 0 Å². The van der Waals surface area contributed by atoms with Crippen molar-refractivity contribution in [2.24, 2.45) is 5.73 Å². The molecule has 0 atom stereocenters. The van der Waals surface area contributed by atoms with Gasteiger partial charge in [-0.05, 0) is 12.8 Å². The van der Waals surface area contributed by atoms with E-state index in [0.29, 0.717) is 12.8 Å². The number of sulfone groups is 1. The van der Waals surface area contributed by atoms with Gasteiger partial charge in [0.2, 0.25) is 5.91 Å². The van der Waals surface area contributed by atoms with Gasteiger partial charge in [-0.3, -0.25) is 4.79 Å². The van der Waals surface area contributed by atoms with Crippen LogP contribution in [-0.2, 0) is 14.6 Å². The molecule has 0 spiro atoms. The van der Waals surface area contributed by atoms with E-state index in [1.54, 1.807) is 6.92 Å². The van der Waals surface area contributed by atoms with Gasteiger partial charge < -0.3 is 11.1 Å². The zero-order valence-corrected chi connectivity index (χ0v) is 11.2. The molecule has 3 N–H and O–H groups in total. The Kier molecular flexibility index (Phi) is 4.94. The molecule has 1 aliphatic carbocycles. The Morgan fingerprint density at radius 1 is 1.29 bits per heavy atom. The summed E-state index contributed by atoms with van der Waals surface area (Å²) in [6, 6.07) is 0. The lowest BCUT2D eigenvalue weighted by Crippen LogP contribution is -2.55. The Morgan fingerprint density at radius 3 is 2.41 bits per heavy atom. The number of hydrogen-bond acceptors (Lipinski definition) is 4. The lowest BCUT2D eigenvalue weighted by atomic mass is 9.82. The summed E-state index contributed by atoms with van der Waals surface area (Å²) in [4.78, 5) is 11.9. The summed E-state index contributed by atoms with van der Waals surface area (Å²) in [5, 5.41) is 2.64. The number of amides is 1. The van der Waals surface area contributed by atoms with Gasteiger partial charge in [0.25, 0.3) is 0 Å². The maximum Gasteiger partial charge on any atom is 0.240 e. The van der Waals surface area contributed by atoms with Gasteiger partial charge in [0.05, 0.1) is 11.3 Å². The molecule has 0 unspecified atom stereocenters. The third-order valence-corrected chi connectivity index (χ3v) is 5.04. The highest BCUT2D eigenvalue weighted by atomic mass is 32.2. The average molecular weight is 262 g/mol. The number of nitrogens with one attached hydrogen (secondary N) is 1. The lowest BCUT2D eigenvalue weighted by molar-refractivity contribution is -0.127. The van der Waals surface area contributed by atoms with Gasteiger partial charge in [0.1, 0.15) is 0 Å². The maximum atomic E-state index is 11.9. The molecule has 0 radical (unpaired) electrons. The third kappa shape index (κ3) is 4.27. The fourth-order valence-corrected chi connectivity index (χ4v) is 2.75. The Morgan fingerprint density at radius 2 is 1.88 bits per heavy atom. The van der Waals surface area contributed by atoms with Crippen LogP contribution < -0.4 is 11.1 Å². The number of carbonyl (C=O) groups excluding carboxylic acids is 1. The van der Waals surface area contributed by atoms with Gasteiger partial charge in [0, 0.05) is 12.3 Å². The van der Waals surface area contributed by atoms with Gasteiger partial charge in [-0.15, -0.1) is 0 Å². The van der Waals surface area contributed by atoms with Crippen molar-refractivity contribution in [2.45, 2.75) is 44.6 Å². The molecule has 0 aromatic rings. The first kappa shape index (κ1) is 14.4. The number of rotatable bonds is 5. The molecule has 1 fully saturated rings. The van der Waals surface area contributed by atoms with E-state index in [2.05, 4.69) is 5.32 Å². The molecule has 5 nitrogen and oxygen atoms in total. The van der Waals surface area contributed by atoms with Crippen LogP contribution in [-0.4, -0.2) is 37.9 Å². The predicted molar refractivity (Wildman–Crippen MR) is 67.3 cm³/mol. The fraction of sp³-hybridized carbons (Fsp3) is 0.909. The average Bonchev–Trinajstić information content (AvgIpc) is 2.29. The van der Waals surface area contributed by atoms with Crippen molar-refractivity contribution in [2.75, 3.05) is 18.1 Å². The van der Waals surface area contributed by atoms with Crippen LogP contribution in [0.2, 0.25) is 0 Å². The zero-order chi connectivity index (χ0) is 12.9. The van der Waals surface area contributed by atoms with Crippen molar-refractivity contribution in [1.29, 1.82) is 0 Å². The number of nitrogens with two attached hydrogens (primary N) is 1. The number of hydrogen-bond donors (Lipinski definition) is 2. The van der Waals surface area contributed by atoms with Crippen LogP contribution >= 0.6 is 0 Å². The van der Waals surface area contributed by atoms with Crippen molar-refractivity contribution >= 4 is 15.7 Å². The summed E-state index contributed by atoms with van der Waals surface area (Å²) in [5.74, 6) is -0.106. The second-order valence-corrected chi connectivity index (χ2v) is 7.18. The molecule has 0 aliphatic heterocycles. The first-order valence-corrected chi connectivity index (χ1v) is 7.99. The van der Waals surface area contributed by atoms with Gasteiger partial charge in [-0.25, -0.2) is 8.42 Å². The third-order valence-electron chi connectivity index (χ3n) is 3.34. The molecular formula is C11H22N2O3S. The van der Waals surface area contributed by atoms with Gasteiger partial charge in [0.15, 0.2) is 9.84 Å². The SMILES string of the molecule is CCS(=O)(=O)CCNC(=O)C1(N)CCCCC1. The minimum Gasteiger partial charge on any atom is -0.353 e. The monoisotopic (exact) mass is 262 g/mol. The van der Waals surface area contributed by atoms with E-state index in [0.717, 1.165) is 19.3 Å². The van der Waals surface area contributed by atoms with E-state index in [1.807, 2.05) is 0 Å². The Bertz CT molecular complexity index is 359. The van der Waals surface area contributed by atoms with E-state index in [1.165, 1.54) is 0 Å². The molecule has 100 valence electrons. The van der Waals surface area contributed by atoms with Crippen LogP contribution in [0.1, 0.15) is 39.0 Å². The van der Waals surface area contributed by atoms with E-state index >= 15 is 0 Å². The molecule has 0 aromatic heterocycles. The first-order chi connectivity index (χ1) is 7.90. The normalized spacial score (nSPS) is 19.9. The Balaban J connectivity index is 2.39. The quantitative estimate of drug-likeness (QED) is 0.740. The fourth-order valence-electron chi connectivity index (χ4n) is 2.05. The highest BCUT2D eigenvalue weighted by Crippen LogP contribution is 2.25. The van der Waals surface area contributed by atoms with Crippen molar-refractivity contribution in [1.82, 2.24) is 5.32 Å². The summed E-state index contributed by atoms with van der Waals surface area (Å²) in [7, 11) is -3.02. The zero-order valence-electron chi connectivity index (χ0n) is 10.4. The van der Waals surface area contributed by atoms with Crippen LogP contribution in [0.4, 0.5) is 0 Å². The Labute approximate surface area is 103 Å². The van der Waals surface area contributed by atoms with Crippen LogP contribution in [0.15, 0.2) is 0 Å². The predicted octanol–water partition coefficient (Wildman–Crippen LogP) is 0.199. The summed E-state index contributed by atoms with van der Waals surface area (Å²) in [5.41, 5.74) is 5.24. The molecule has 1 saturated carbocycles. The van der Waals surface area contributed by atoms with Gasteiger partial charge >= 0.3 is 0 Å². The topological polar surface area (TPSA) is 89.3 Å². The summed E-state index contributed by atoms with van der Waals surface area (Å²) < 4.78 is 22.5. The first-order valence-electron chi connectivity index (χ1n) is 6.17. The van der Waals surface area contributed by atoms with Gasteiger partial charge in [-0.1, -0.05) is 26.2 Å². The van der Waals surface area contributed by atoms with Crippen LogP contribution in [0.5, 0.6) is 0 Å². The molecule has 0 aromatic carbocycles. The molecule has 6 heteroatoms. The van der Waals surface area contributed by atoms with E-state index in [9.17, 15) is 13.2 Å². The highest BCUT2D eigenvalue weighted by Gasteiger charge is 2.34. The van der Waals surface area contributed by atoms with E-state index in [-0.39, 0.29) is 24.0 Å². The smallest absolute Gasteiger partial charge is 0.240 e. The molecule has 0 saturated heterocycles. The summed E-state index contributed by atoms with van der Waals surface area (Å²) in [6.07, 6.45) is 4.45. The van der Waals surface area contributed by atoms with Crippen molar-refractivity contribution in [3.05, 3.63) is 0 Å². The summed E-state index contributed by atoms with van der Waals surface area (Å²) >= 11 is 0. The molecule has 17 heavy (non-hydrogen) atoms. The molecule has 0 heterocycles. The second-order valence-electron chi connectivity index (χ2n) is 4.71. The number of carbonyl (C=O) groups is 1. The minimum atomic E-state index is -3.02. The molecular weight excluding hydrogens is 240 g/mol. The minimum absolute atomic E-state index is 0.00861. The largest absolute Gasteiger partial charge is 0.353 e. The van der Waals surface area contributed by atoms with Crippen molar-refractivity contribution in [3.63, 3.8) is 0 Å². The van der Waals surface area contributed by atoms with Gasteiger partial charge in [-0.2, -0.15) is 0 Å². The van der Waals surface area contributed by atoms with Crippen LogP contribution in [0.3, 0.4) is 0 Å². The Hall–Kier alpha value is -0.620. The second kappa shape index (κ2) is 5.82. The maximum absolute atomic E-state index is 11.9. The van der Waals surface area contributed by atoms with E-state index in [4.69, 9.17) is 5.73 Å². The summed E-state index contributed by atoms with van der Waals surface area (Å²) in [6.45, 7) is 1.76.